The van der Waals surface area contributed by atoms with Crippen LogP contribution in [-0.4, -0.2) is 6.54 Å². The second kappa shape index (κ2) is 6.03. The highest BCUT2D eigenvalue weighted by Crippen LogP contribution is 2.24. The molecular formula is C16H18ClN. The number of benzene rings is 2. The van der Waals surface area contributed by atoms with E-state index in [-0.39, 0.29) is 0 Å². The molecular weight excluding hydrogens is 242 g/mol. The zero-order valence-electron chi connectivity index (χ0n) is 10.6. The summed E-state index contributed by atoms with van der Waals surface area (Å²) >= 11 is 6.04. The van der Waals surface area contributed by atoms with Crippen molar-refractivity contribution in [2.75, 3.05) is 6.54 Å². The molecule has 0 saturated heterocycles. The molecule has 0 fully saturated rings. The zero-order chi connectivity index (χ0) is 13.0. The van der Waals surface area contributed by atoms with Crippen molar-refractivity contribution in [1.29, 1.82) is 0 Å². The first-order valence-corrected chi connectivity index (χ1v) is 6.58. The minimum absolute atomic E-state index is 0.324. The third kappa shape index (κ3) is 3.12. The zero-order valence-corrected chi connectivity index (χ0v) is 11.3. The highest BCUT2D eigenvalue weighted by molar-refractivity contribution is 6.30. The summed E-state index contributed by atoms with van der Waals surface area (Å²) in [6.07, 6.45) is 0.962. The second-order valence-corrected chi connectivity index (χ2v) is 5.05. The highest BCUT2D eigenvalue weighted by atomic mass is 35.5. The first-order valence-electron chi connectivity index (χ1n) is 6.20. The van der Waals surface area contributed by atoms with Gasteiger partial charge in [-0.2, -0.15) is 0 Å². The monoisotopic (exact) mass is 259 g/mol. The van der Waals surface area contributed by atoms with Gasteiger partial charge in [-0.3, -0.25) is 0 Å². The maximum Gasteiger partial charge on any atom is 0.0408 e. The molecule has 0 heterocycles. The quantitative estimate of drug-likeness (QED) is 0.885. The van der Waals surface area contributed by atoms with Gasteiger partial charge in [-0.15, -0.1) is 0 Å². The summed E-state index contributed by atoms with van der Waals surface area (Å²) in [4.78, 5) is 0. The maximum absolute atomic E-state index is 6.04. The average Bonchev–Trinajstić information content (AvgIpc) is 2.38. The Bertz CT molecular complexity index is 522. The van der Waals surface area contributed by atoms with E-state index < -0.39 is 0 Å². The summed E-state index contributed by atoms with van der Waals surface area (Å²) in [7, 11) is 0. The van der Waals surface area contributed by atoms with Crippen LogP contribution in [0.15, 0.2) is 48.5 Å². The van der Waals surface area contributed by atoms with Gasteiger partial charge in [-0.05, 0) is 48.7 Å². The number of rotatable bonds is 4. The first-order chi connectivity index (χ1) is 8.70. The van der Waals surface area contributed by atoms with Crippen molar-refractivity contribution in [3.8, 4) is 0 Å². The fraction of sp³-hybridized carbons (Fsp3) is 0.250. The van der Waals surface area contributed by atoms with Crippen LogP contribution in [0.2, 0.25) is 5.02 Å². The van der Waals surface area contributed by atoms with Gasteiger partial charge in [0.05, 0.1) is 0 Å². The number of hydrogen-bond acceptors (Lipinski definition) is 1. The lowest BCUT2D eigenvalue weighted by atomic mass is 9.90. The van der Waals surface area contributed by atoms with Crippen molar-refractivity contribution in [3.63, 3.8) is 0 Å². The van der Waals surface area contributed by atoms with Crippen molar-refractivity contribution in [1.82, 2.24) is 0 Å². The van der Waals surface area contributed by atoms with Crippen molar-refractivity contribution in [2.45, 2.75) is 19.3 Å². The Kier molecular flexibility index (Phi) is 4.40. The molecule has 0 amide bonds. The summed E-state index contributed by atoms with van der Waals surface area (Å²) in [5, 5.41) is 0.774. The van der Waals surface area contributed by atoms with Crippen molar-refractivity contribution >= 4 is 11.6 Å². The fourth-order valence-corrected chi connectivity index (χ4v) is 2.40. The van der Waals surface area contributed by atoms with Gasteiger partial charge in [0.25, 0.3) is 0 Å². The summed E-state index contributed by atoms with van der Waals surface area (Å²) in [6.45, 7) is 2.77. The second-order valence-electron chi connectivity index (χ2n) is 4.62. The topological polar surface area (TPSA) is 26.0 Å². The van der Waals surface area contributed by atoms with Crippen LogP contribution >= 0.6 is 11.6 Å². The highest BCUT2D eigenvalue weighted by Gasteiger charge is 2.12. The van der Waals surface area contributed by atoms with Gasteiger partial charge in [0.1, 0.15) is 0 Å². The van der Waals surface area contributed by atoms with Crippen LogP contribution in [0.3, 0.4) is 0 Å². The summed E-state index contributed by atoms with van der Waals surface area (Å²) < 4.78 is 0. The Labute approximate surface area is 114 Å². The summed E-state index contributed by atoms with van der Waals surface area (Å²) in [5.41, 5.74) is 9.80. The largest absolute Gasteiger partial charge is 0.330 e. The first kappa shape index (κ1) is 13.1. The Morgan fingerprint density at radius 1 is 1.11 bits per heavy atom. The van der Waals surface area contributed by atoms with Crippen LogP contribution in [-0.2, 0) is 6.42 Å². The third-order valence-corrected chi connectivity index (χ3v) is 3.57. The van der Waals surface area contributed by atoms with E-state index in [0.717, 1.165) is 11.4 Å². The Hall–Kier alpha value is -1.31. The predicted octanol–water partition coefficient (Wildman–Crippen LogP) is 3.93. The standard InChI is InChI=1S/C16H18ClN/c1-12-5-2-3-6-13(12)9-15(11-18)14-7-4-8-16(17)10-14/h2-8,10,15H,9,11,18H2,1H3. The van der Waals surface area contributed by atoms with Crippen LogP contribution in [0.1, 0.15) is 22.6 Å². The van der Waals surface area contributed by atoms with E-state index in [9.17, 15) is 0 Å². The minimum atomic E-state index is 0.324. The fourth-order valence-electron chi connectivity index (χ4n) is 2.20. The maximum atomic E-state index is 6.04. The van der Waals surface area contributed by atoms with Gasteiger partial charge in [0.2, 0.25) is 0 Å². The number of hydrogen-bond donors (Lipinski definition) is 1. The SMILES string of the molecule is Cc1ccccc1CC(CN)c1cccc(Cl)c1. The average molecular weight is 260 g/mol. The molecule has 0 spiro atoms. The van der Waals surface area contributed by atoms with Crippen molar-refractivity contribution in [3.05, 3.63) is 70.2 Å². The van der Waals surface area contributed by atoms with Crippen LogP contribution in [0, 0.1) is 6.92 Å². The Morgan fingerprint density at radius 2 is 1.89 bits per heavy atom. The minimum Gasteiger partial charge on any atom is -0.330 e. The van der Waals surface area contributed by atoms with Crippen molar-refractivity contribution < 1.29 is 0 Å². The van der Waals surface area contributed by atoms with Crippen LogP contribution in [0.5, 0.6) is 0 Å². The lowest BCUT2D eigenvalue weighted by molar-refractivity contribution is 0.692. The molecule has 0 aliphatic rings. The molecule has 2 rings (SSSR count). The predicted molar refractivity (Wildman–Crippen MR) is 78.1 cm³/mol. The molecule has 0 aliphatic heterocycles. The number of aryl methyl sites for hydroxylation is 1. The van der Waals surface area contributed by atoms with E-state index in [1.54, 1.807) is 0 Å². The van der Waals surface area contributed by atoms with Gasteiger partial charge in [0.15, 0.2) is 0 Å². The lowest BCUT2D eigenvalue weighted by Crippen LogP contribution is -2.15. The van der Waals surface area contributed by atoms with E-state index in [2.05, 4.69) is 37.3 Å². The summed E-state index contributed by atoms with van der Waals surface area (Å²) in [6, 6.07) is 16.4. The molecule has 2 heteroatoms. The van der Waals surface area contributed by atoms with E-state index in [1.165, 1.54) is 16.7 Å². The Balaban J connectivity index is 2.23. The molecule has 1 nitrogen and oxygen atoms in total. The van der Waals surface area contributed by atoms with E-state index >= 15 is 0 Å². The molecule has 0 bridgehead atoms. The smallest absolute Gasteiger partial charge is 0.0408 e. The van der Waals surface area contributed by atoms with Crippen LogP contribution in [0.25, 0.3) is 0 Å². The lowest BCUT2D eigenvalue weighted by Gasteiger charge is -2.17. The molecule has 18 heavy (non-hydrogen) atoms. The van der Waals surface area contributed by atoms with Gasteiger partial charge in [0, 0.05) is 10.9 Å². The number of nitrogens with two attached hydrogens (primary N) is 1. The molecule has 0 aliphatic carbocycles. The summed E-state index contributed by atoms with van der Waals surface area (Å²) in [5.74, 6) is 0.324. The van der Waals surface area contributed by atoms with Crippen LogP contribution in [0.4, 0.5) is 0 Å². The molecule has 2 aromatic rings. The molecule has 0 aromatic heterocycles. The van der Waals surface area contributed by atoms with E-state index in [0.29, 0.717) is 12.5 Å². The molecule has 0 saturated carbocycles. The normalized spacial score (nSPS) is 12.4. The van der Waals surface area contributed by atoms with Crippen molar-refractivity contribution in [2.24, 2.45) is 5.73 Å². The van der Waals surface area contributed by atoms with E-state index in [4.69, 9.17) is 17.3 Å². The van der Waals surface area contributed by atoms with E-state index in [1.807, 2.05) is 18.2 Å². The molecule has 2 N–H and O–H groups in total. The Morgan fingerprint density at radius 3 is 2.56 bits per heavy atom. The third-order valence-electron chi connectivity index (χ3n) is 3.33. The molecule has 0 radical (unpaired) electrons. The molecule has 2 aromatic carbocycles. The van der Waals surface area contributed by atoms with Gasteiger partial charge in [-0.25, -0.2) is 0 Å². The van der Waals surface area contributed by atoms with Crippen LogP contribution < -0.4 is 5.73 Å². The van der Waals surface area contributed by atoms with Gasteiger partial charge < -0.3 is 5.73 Å². The molecule has 1 unspecified atom stereocenters. The number of halogens is 1. The molecule has 1 atom stereocenters. The van der Waals surface area contributed by atoms with Gasteiger partial charge in [-0.1, -0.05) is 48.0 Å². The molecule has 94 valence electrons. The van der Waals surface area contributed by atoms with Gasteiger partial charge >= 0.3 is 0 Å².